The smallest absolute Gasteiger partial charge is 0.322 e. The van der Waals surface area contributed by atoms with E-state index in [9.17, 15) is 13.6 Å². The van der Waals surface area contributed by atoms with Gasteiger partial charge in [-0.1, -0.05) is 6.07 Å². The van der Waals surface area contributed by atoms with Crippen LogP contribution in [-0.2, 0) is 0 Å². The fourth-order valence-corrected chi connectivity index (χ4v) is 3.05. The highest BCUT2D eigenvalue weighted by atomic mass is 19.1. The molecule has 1 aliphatic heterocycles. The van der Waals surface area contributed by atoms with Crippen molar-refractivity contribution in [1.29, 1.82) is 0 Å². The van der Waals surface area contributed by atoms with E-state index in [4.69, 9.17) is 0 Å². The zero-order valence-electron chi connectivity index (χ0n) is 15.9. The second-order valence-electron chi connectivity index (χ2n) is 6.65. The number of rotatable bonds is 4. The van der Waals surface area contributed by atoms with Gasteiger partial charge in [-0.25, -0.2) is 18.6 Å². The minimum absolute atomic E-state index is 0.0503. The molecule has 2 N–H and O–H groups in total. The molecule has 10 heteroatoms. The van der Waals surface area contributed by atoms with E-state index in [0.717, 1.165) is 12.1 Å². The summed E-state index contributed by atoms with van der Waals surface area (Å²) in [5, 5.41) is 14.0. The van der Waals surface area contributed by atoms with Gasteiger partial charge in [0.1, 0.15) is 17.5 Å². The molecule has 4 rings (SSSR count). The SMILES string of the molecule is O=C(Nc1ccc(F)cc1F)N1CCN(c2ccc(Nc3ccccn3)nn2)CC1. The lowest BCUT2D eigenvalue weighted by molar-refractivity contribution is 0.208. The van der Waals surface area contributed by atoms with Gasteiger partial charge >= 0.3 is 6.03 Å². The number of urea groups is 1. The first-order valence-corrected chi connectivity index (χ1v) is 9.36. The molecule has 30 heavy (non-hydrogen) atoms. The molecule has 0 radical (unpaired) electrons. The third-order valence-electron chi connectivity index (χ3n) is 4.64. The third kappa shape index (κ3) is 4.59. The Hall–Kier alpha value is -3.82. The van der Waals surface area contributed by atoms with Crippen molar-refractivity contribution in [2.75, 3.05) is 41.7 Å². The maximum atomic E-state index is 13.7. The lowest BCUT2D eigenvalue weighted by Gasteiger charge is -2.35. The van der Waals surface area contributed by atoms with E-state index in [0.29, 0.717) is 43.6 Å². The summed E-state index contributed by atoms with van der Waals surface area (Å²) in [6, 6.07) is 11.8. The largest absolute Gasteiger partial charge is 0.352 e. The number of carbonyl (C=O) groups excluding carboxylic acids is 1. The van der Waals surface area contributed by atoms with E-state index >= 15 is 0 Å². The molecule has 1 aliphatic rings. The van der Waals surface area contributed by atoms with Gasteiger partial charge in [-0.2, -0.15) is 0 Å². The minimum atomic E-state index is -0.809. The Labute approximate surface area is 171 Å². The van der Waals surface area contributed by atoms with Crippen LogP contribution in [0.3, 0.4) is 0 Å². The van der Waals surface area contributed by atoms with Crippen LogP contribution in [0.25, 0.3) is 0 Å². The van der Waals surface area contributed by atoms with Crippen molar-refractivity contribution < 1.29 is 13.6 Å². The van der Waals surface area contributed by atoms with E-state index in [1.165, 1.54) is 6.07 Å². The first-order chi connectivity index (χ1) is 14.6. The zero-order chi connectivity index (χ0) is 20.9. The van der Waals surface area contributed by atoms with Gasteiger partial charge < -0.3 is 20.4 Å². The predicted molar refractivity (Wildman–Crippen MR) is 109 cm³/mol. The summed E-state index contributed by atoms with van der Waals surface area (Å²) in [6.07, 6.45) is 1.68. The number of piperazine rings is 1. The van der Waals surface area contributed by atoms with Crippen molar-refractivity contribution in [3.05, 3.63) is 66.4 Å². The molecule has 2 amide bonds. The van der Waals surface area contributed by atoms with Crippen LogP contribution in [0.2, 0.25) is 0 Å². The molecule has 0 spiro atoms. The summed E-state index contributed by atoms with van der Waals surface area (Å²) in [4.78, 5) is 20.1. The number of hydrogen-bond donors (Lipinski definition) is 2. The van der Waals surface area contributed by atoms with Gasteiger partial charge in [0.25, 0.3) is 0 Å². The molecule has 2 aromatic heterocycles. The molecule has 8 nitrogen and oxygen atoms in total. The van der Waals surface area contributed by atoms with Gasteiger partial charge in [0.15, 0.2) is 11.6 Å². The Morgan fingerprint density at radius 3 is 2.43 bits per heavy atom. The van der Waals surface area contributed by atoms with Crippen molar-refractivity contribution in [2.24, 2.45) is 0 Å². The number of halogens is 2. The van der Waals surface area contributed by atoms with E-state index in [1.54, 1.807) is 11.1 Å². The fraction of sp³-hybridized carbons (Fsp3) is 0.200. The number of carbonyl (C=O) groups is 1. The Balaban J connectivity index is 1.31. The minimum Gasteiger partial charge on any atom is -0.352 e. The molecule has 0 bridgehead atoms. The van der Waals surface area contributed by atoms with Crippen LogP contribution in [0.4, 0.5) is 36.7 Å². The molecule has 0 aliphatic carbocycles. The summed E-state index contributed by atoms with van der Waals surface area (Å²) in [5.41, 5.74) is -0.0503. The maximum absolute atomic E-state index is 13.7. The summed E-state index contributed by atoms with van der Waals surface area (Å²) < 4.78 is 26.7. The second kappa shape index (κ2) is 8.68. The topological polar surface area (TPSA) is 86.3 Å². The normalized spacial score (nSPS) is 13.8. The molecule has 0 unspecified atom stereocenters. The van der Waals surface area contributed by atoms with Gasteiger partial charge in [0.2, 0.25) is 0 Å². The van der Waals surface area contributed by atoms with Crippen molar-refractivity contribution in [1.82, 2.24) is 20.1 Å². The van der Waals surface area contributed by atoms with E-state index in [1.807, 2.05) is 35.2 Å². The van der Waals surface area contributed by atoms with Crippen LogP contribution in [0.5, 0.6) is 0 Å². The number of nitrogens with zero attached hydrogens (tertiary/aromatic N) is 5. The van der Waals surface area contributed by atoms with Crippen LogP contribution in [-0.4, -0.2) is 52.3 Å². The van der Waals surface area contributed by atoms with Gasteiger partial charge in [0, 0.05) is 38.4 Å². The Morgan fingerprint density at radius 2 is 1.77 bits per heavy atom. The van der Waals surface area contributed by atoms with Crippen molar-refractivity contribution in [2.45, 2.75) is 0 Å². The van der Waals surface area contributed by atoms with Crippen LogP contribution >= 0.6 is 0 Å². The molecule has 1 aromatic carbocycles. The Kier molecular flexibility index (Phi) is 5.64. The molecule has 1 saturated heterocycles. The molecule has 0 atom stereocenters. The van der Waals surface area contributed by atoms with Crippen LogP contribution < -0.4 is 15.5 Å². The number of nitrogens with one attached hydrogen (secondary N) is 2. The van der Waals surface area contributed by atoms with Crippen molar-refractivity contribution >= 4 is 29.2 Å². The van der Waals surface area contributed by atoms with Crippen molar-refractivity contribution in [3.63, 3.8) is 0 Å². The van der Waals surface area contributed by atoms with Crippen molar-refractivity contribution in [3.8, 4) is 0 Å². The zero-order valence-corrected chi connectivity index (χ0v) is 15.9. The number of amides is 2. The summed E-state index contributed by atoms with van der Waals surface area (Å²) in [5.74, 6) is 0.456. The average Bonchev–Trinajstić information content (AvgIpc) is 2.77. The molecule has 3 aromatic rings. The highest BCUT2D eigenvalue weighted by molar-refractivity contribution is 5.89. The lowest BCUT2D eigenvalue weighted by Crippen LogP contribution is -2.50. The molecule has 154 valence electrons. The van der Waals surface area contributed by atoms with E-state index < -0.39 is 17.7 Å². The Morgan fingerprint density at radius 1 is 0.933 bits per heavy atom. The molecule has 0 saturated carbocycles. The third-order valence-corrected chi connectivity index (χ3v) is 4.64. The van der Waals surface area contributed by atoms with Crippen LogP contribution in [0, 0.1) is 11.6 Å². The summed E-state index contributed by atoms with van der Waals surface area (Å²) >= 11 is 0. The lowest BCUT2D eigenvalue weighted by atomic mass is 10.3. The number of pyridine rings is 1. The molecular weight excluding hydrogens is 392 g/mol. The number of aromatic nitrogens is 3. The predicted octanol–water partition coefficient (Wildman–Crippen LogP) is 3.25. The first-order valence-electron chi connectivity index (χ1n) is 9.36. The maximum Gasteiger partial charge on any atom is 0.322 e. The van der Waals surface area contributed by atoms with Gasteiger partial charge in [-0.3, -0.25) is 0 Å². The number of anilines is 4. The Bertz CT molecular complexity index is 1010. The highest BCUT2D eigenvalue weighted by Crippen LogP contribution is 2.18. The molecule has 1 fully saturated rings. The van der Waals surface area contributed by atoms with Gasteiger partial charge in [0.05, 0.1) is 5.69 Å². The highest BCUT2D eigenvalue weighted by Gasteiger charge is 2.23. The van der Waals surface area contributed by atoms with Gasteiger partial charge in [-0.15, -0.1) is 10.2 Å². The molecule has 3 heterocycles. The van der Waals surface area contributed by atoms with Crippen LogP contribution in [0.1, 0.15) is 0 Å². The average molecular weight is 411 g/mol. The van der Waals surface area contributed by atoms with Crippen LogP contribution in [0.15, 0.2) is 54.7 Å². The molecular formula is C20H19F2N7O. The summed E-state index contributed by atoms with van der Waals surface area (Å²) in [7, 11) is 0. The number of benzene rings is 1. The quantitative estimate of drug-likeness (QED) is 0.686. The van der Waals surface area contributed by atoms with E-state index in [2.05, 4.69) is 25.8 Å². The standard InChI is InChI=1S/C20H19F2N7O/c21-14-4-5-16(15(22)13-14)24-20(30)29-11-9-28(10-12-29)19-7-6-18(26-27-19)25-17-3-1-2-8-23-17/h1-8,13H,9-12H2,(H,24,30)(H,23,25,26). The monoisotopic (exact) mass is 411 g/mol. The second-order valence-corrected chi connectivity index (χ2v) is 6.65. The van der Waals surface area contributed by atoms with E-state index in [-0.39, 0.29) is 5.69 Å². The fourth-order valence-electron chi connectivity index (χ4n) is 3.05. The van der Waals surface area contributed by atoms with Gasteiger partial charge in [-0.05, 0) is 36.4 Å². The summed E-state index contributed by atoms with van der Waals surface area (Å²) in [6.45, 7) is 1.98. The number of hydrogen-bond acceptors (Lipinski definition) is 6. The first kappa shape index (κ1) is 19.5.